The first-order valence-electron chi connectivity index (χ1n) is 46.2. The van der Waals surface area contributed by atoms with Crippen molar-refractivity contribution in [2.45, 2.75) is 426 Å². The molecule has 0 aromatic heterocycles. The van der Waals surface area contributed by atoms with Crippen molar-refractivity contribution in [3.63, 3.8) is 0 Å². The molecule has 17 atom stereocenters. The number of hydrogen-bond donors (Lipinski definition) is 12. The zero-order chi connectivity index (χ0) is 84.5. The summed E-state index contributed by atoms with van der Waals surface area (Å²) in [6.07, 6.45) is 85.4. The van der Waals surface area contributed by atoms with Gasteiger partial charge in [-0.25, -0.2) is 0 Å². The molecule has 0 bridgehead atoms. The van der Waals surface area contributed by atoms with Crippen molar-refractivity contribution in [3.05, 3.63) is 158 Å². The highest BCUT2D eigenvalue weighted by Gasteiger charge is 2.54. The fourth-order valence-electron chi connectivity index (χ4n) is 14.5. The van der Waals surface area contributed by atoms with Crippen LogP contribution in [0.25, 0.3) is 0 Å². The highest BCUT2D eigenvalue weighted by Crippen LogP contribution is 2.33. The molecule has 3 aliphatic heterocycles. The van der Waals surface area contributed by atoms with Crippen LogP contribution in [-0.2, 0) is 33.2 Å². The van der Waals surface area contributed by atoms with E-state index in [1.54, 1.807) is 6.08 Å². The van der Waals surface area contributed by atoms with E-state index < -0.39 is 124 Å². The second-order valence-corrected chi connectivity index (χ2v) is 32.0. The zero-order valence-electron chi connectivity index (χ0n) is 72.4. The number of allylic oxidation sites excluding steroid dienone is 25. The Balaban J connectivity index is 1.35. The molecule has 0 aromatic carbocycles. The largest absolute Gasteiger partial charge is 0.394 e. The molecule has 117 heavy (non-hydrogen) atoms. The number of rotatable bonds is 73. The second-order valence-electron chi connectivity index (χ2n) is 32.0. The molecule has 0 aromatic rings. The summed E-state index contributed by atoms with van der Waals surface area (Å²) in [4.78, 5) is 13.5. The summed E-state index contributed by atoms with van der Waals surface area (Å²) in [5.41, 5.74) is 0. The maximum atomic E-state index is 13.5. The van der Waals surface area contributed by atoms with Crippen molar-refractivity contribution in [2.75, 3.05) is 26.4 Å². The molecule has 1 amide bonds. The Morgan fingerprint density at radius 1 is 0.316 bits per heavy atom. The Hall–Kier alpha value is -4.59. The van der Waals surface area contributed by atoms with Crippen LogP contribution in [0, 0.1) is 0 Å². The van der Waals surface area contributed by atoms with E-state index in [1.807, 2.05) is 6.08 Å². The van der Waals surface area contributed by atoms with E-state index in [9.17, 15) is 61.0 Å². The standard InChI is InChI=1S/C98H165NO18/c1-3-5-7-9-11-13-15-17-19-21-23-25-27-29-31-33-35-37-38-39-40-41-42-44-46-48-50-52-54-56-58-60-62-64-66-68-70-72-74-76-86(104)99-81(82(103)75-73-71-69-67-65-63-61-59-57-55-53-51-49-47-45-43-36-34-32-30-28-26-24-22-20-18-16-14-12-10-8-6-4-2)80-112-96-92(110)89(107)94(84(78-101)114-96)117-98-93(111)90(108)95(85(79-102)115-98)116-97-91(109)88(106)87(105)83(77-100)113-97/h5,7,11,13,17,19,23,25,29,31,35,37,39-40,42,44,48,50,54,56,60,62,65,67,73,75,81-85,87-98,100-103,105-111H,3-4,6,8-10,12,14-16,18,20-22,24,26-28,30,32-34,36,38,41,43,45-47,49,51-53,55,57-59,61,63-64,66,68-72,74,76-80H2,1-2H3,(H,99,104)/b7-5-,13-11-,19-17-,25-23-,31-29-,37-35-,40-39-,44-42-,50-48-,56-54-,62-60-,67-65+,75-73+. The van der Waals surface area contributed by atoms with Gasteiger partial charge in [0.1, 0.15) is 73.2 Å². The molecule has 3 rings (SSSR count). The minimum absolute atomic E-state index is 0.203. The summed E-state index contributed by atoms with van der Waals surface area (Å²) in [6.45, 7) is 1.61. The predicted octanol–water partition coefficient (Wildman–Crippen LogP) is 18.3. The van der Waals surface area contributed by atoms with E-state index in [0.29, 0.717) is 12.8 Å². The number of carbonyl (C=O) groups is 1. The molecule has 670 valence electrons. The first kappa shape index (κ1) is 107. The van der Waals surface area contributed by atoms with Gasteiger partial charge in [0.15, 0.2) is 18.9 Å². The summed E-state index contributed by atoms with van der Waals surface area (Å²) in [5, 5.41) is 121. The molecule has 0 radical (unpaired) electrons. The Morgan fingerprint density at radius 2 is 0.598 bits per heavy atom. The van der Waals surface area contributed by atoms with Crippen molar-refractivity contribution in [2.24, 2.45) is 0 Å². The van der Waals surface area contributed by atoms with Crippen LogP contribution < -0.4 is 5.32 Å². The summed E-state index contributed by atoms with van der Waals surface area (Å²) in [5.74, 6) is -0.307. The number of hydrogen-bond acceptors (Lipinski definition) is 18. The summed E-state index contributed by atoms with van der Waals surface area (Å²) in [7, 11) is 0. The smallest absolute Gasteiger partial charge is 0.220 e. The van der Waals surface area contributed by atoms with Crippen molar-refractivity contribution in [1.82, 2.24) is 5.32 Å². The van der Waals surface area contributed by atoms with Crippen molar-refractivity contribution in [3.8, 4) is 0 Å². The number of aliphatic hydroxyl groups is 11. The van der Waals surface area contributed by atoms with Crippen molar-refractivity contribution < 1.29 is 89.4 Å². The van der Waals surface area contributed by atoms with Gasteiger partial charge < -0.3 is 89.9 Å². The van der Waals surface area contributed by atoms with Gasteiger partial charge in [0, 0.05) is 6.42 Å². The summed E-state index contributed by atoms with van der Waals surface area (Å²) in [6, 6.07) is -1.02. The van der Waals surface area contributed by atoms with Crippen LogP contribution in [-0.4, -0.2) is 193 Å². The van der Waals surface area contributed by atoms with Gasteiger partial charge in [-0.15, -0.1) is 0 Å². The predicted molar refractivity (Wildman–Crippen MR) is 475 cm³/mol. The zero-order valence-corrected chi connectivity index (χ0v) is 72.4. The molecule has 3 heterocycles. The molecule has 0 aliphatic carbocycles. The van der Waals surface area contributed by atoms with Gasteiger partial charge in [0.05, 0.1) is 38.6 Å². The van der Waals surface area contributed by atoms with Crippen LogP contribution in [0.2, 0.25) is 0 Å². The van der Waals surface area contributed by atoms with E-state index in [2.05, 4.69) is 165 Å². The van der Waals surface area contributed by atoms with Crippen molar-refractivity contribution >= 4 is 5.91 Å². The van der Waals surface area contributed by atoms with Crippen LogP contribution in [0.4, 0.5) is 0 Å². The molecule has 12 N–H and O–H groups in total. The lowest BCUT2D eigenvalue weighted by molar-refractivity contribution is -0.379. The maximum absolute atomic E-state index is 13.5. The molecule has 19 nitrogen and oxygen atoms in total. The molecular formula is C98H165NO18. The number of unbranched alkanes of at least 4 members (excludes halogenated alkanes) is 33. The highest BCUT2D eigenvalue weighted by molar-refractivity contribution is 5.76. The maximum Gasteiger partial charge on any atom is 0.220 e. The summed E-state index contributed by atoms with van der Waals surface area (Å²) >= 11 is 0. The Kier molecular flexibility index (Phi) is 68.5. The third-order valence-electron chi connectivity index (χ3n) is 21.8. The topological polar surface area (TPSA) is 307 Å². The Morgan fingerprint density at radius 3 is 0.957 bits per heavy atom. The van der Waals surface area contributed by atoms with Crippen LogP contribution >= 0.6 is 0 Å². The van der Waals surface area contributed by atoms with E-state index in [0.717, 1.165) is 122 Å². The van der Waals surface area contributed by atoms with E-state index in [-0.39, 0.29) is 18.9 Å². The van der Waals surface area contributed by atoms with E-state index in [1.165, 1.54) is 167 Å². The van der Waals surface area contributed by atoms with E-state index >= 15 is 0 Å². The van der Waals surface area contributed by atoms with Gasteiger partial charge in [-0.3, -0.25) is 4.79 Å². The fraction of sp³-hybridized carbons (Fsp3) is 0.724. The number of amides is 1. The van der Waals surface area contributed by atoms with Gasteiger partial charge in [0.25, 0.3) is 0 Å². The molecular weight excluding hydrogens is 1480 g/mol. The lowest BCUT2D eigenvalue weighted by atomic mass is 9.96. The van der Waals surface area contributed by atoms with Crippen molar-refractivity contribution in [1.29, 1.82) is 0 Å². The monoisotopic (exact) mass is 1640 g/mol. The van der Waals surface area contributed by atoms with Crippen LogP contribution in [0.15, 0.2) is 158 Å². The molecule has 0 spiro atoms. The van der Waals surface area contributed by atoms with Crippen LogP contribution in [0.1, 0.15) is 322 Å². The summed E-state index contributed by atoms with van der Waals surface area (Å²) < 4.78 is 34.5. The number of carbonyl (C=O) groups excluding carboxylic acids is 1. The average Bonchev–Trinajstić information content (AvgIpc) is 0.777. The first-order chi connectivity index (χ1) is 57.3. The molecule has 3 saturated heterocycles. The number of aliphatic hydroxyl groups excluding tert-OH is 11. The quantitative estimate of drug-likeness (QED) is 0.0199. The normalized spacial score (nSPS) is 25.2. The molecule has 0 saturated carbocycles. The Labute approximate surface area is 707 Å². The fourth-order valence-corrected chi connectivity index (χ4v) is 14.5. The third kappa shape index (κ3) is 53.1. The first-order valence-corrected chi connectivity index (χ1v) is 46.2. The second kappa shape index (κ2) is 75.2. The van der Waals surface area contributed by atoms with Crippen LogP contribution in [0.3, 0.4) is 0 Å². The lowest BCUT2D eigenvalue weighted by Gasteiger charge is -2.48. The minimum atomic E-state index is -1.99. The number of ether oxygens (including phenoxy) is 6. The van der Waals surface area contributed by atoms with Crippen LogP contribution in [0.5, 0.6) is 0 Å². The van der Waals surface area contributed by atoms with E-state index in [4.69, 9.17) is 28.4 Å². The molecule has 19 heteroatoms. The molecule has 3 aliphatic rings. The van der Waals surface area contributed by atoms with Gasteiger partial charge in [0.2, 0.25) is 5.91 Å². The number of nitrogens with one attached hydrogen (secondary N) is 1. The SMILES string of the molecule is CC/C=C\C/C=C\C/C=C\C/C=C\C/C=C\C/C=C\C/C=C\C/C=C\C/C=C\C/C=C\C/C=C\CCCCCCCC(=O)NC(COC1OC(CO)C(OC2OC(CO)C(OC3OC(CO)C(O)C(O)C3O)C(O)C2O)C(O)C1O)C(O)/C=C/CC/C=C/CCCCCCCCCCCCCCCCCCCCCCCCCCCCC. The lowest BCUT2D eigenvalue weighted by Crippen LogP contribution is -2.66. The molecule has 3 fully saturated rings. The Bertz CT molecular complexity index is 2730. The molecule has 17 unspecified atom stereocenters. The van der Waals surface area contributed by atoms with Gasteiger partial charge in [-0.1, -0.05) is 358 Å². The highest BCUT2D eigenvalue weighted by atomic mass is 16.8. The van der Waals surface area contributed by atoms with Gasteiger partial charge >= 0.3 is 0 Å². The average molecular weight is 1650 g/mol. The minimum Gasteiger partial charge on any atom is -0.394 e. The van der Waals surface area contributed by atoms with Gasteiger partial charge in [-0.2, -0.15) is 0 Å². The van der Waals surface area contributed by atoms with Gasteiger partial charge in [-0.05, 0) is 116 Å². The third-order valence-corrected chi connectivity index (χ3v) is 21.8.